The molecule has 0 aliphatic heterocycles. The van der Waals surface area contributed by atoms with E-state index < -0.39 is 11.8 Å². The lowest BCUT2D eigenvalue weighted by Crippen LogP contribution is -2.29. The van der Waals surface area contributed by atoms with Gasteiger partial charge in [0.1, 0.15) is 17.2 Å². The Morgan fingerprint density at radius 2 is 1.76 bits per heavy atom. The number of amides is 2. The van der Waals surface area contributed by atoms with E-state index in [1.165, 1.54) is 35.9 Å². The maximum absolute atomic E-state index is 13.5. The second-order valence-corrected chi connectivity index (χ2v) is 8.53. The standard InChI is InChI=1S/C26H27FN4O3/c1-14-5-7-19-18(16(14)3)8-10-21(19)29-25(33)23-12-22(30-26(31-23)34-4)24(32)28-13-17-6-9-20(27)15(2)11-17/h5-7,9,11-12,21H,8,10,13H2,1-4H3,(H,28,32)(H,29,33)/t21-/m0/s1. The van der Waals surface area contributed by atoms with Crippen molar-refractivity contribution in [3.05, 3.63) is 87.0 Å². The van der Waals surface area contributed by atoms with Gasteiger partial charge in [0, 0.05) is 12.6 Å². The molecular formula is C26H27FN4O3. The third kappa shape index (κ3) is 4.76. The zero-order valence-corrected chi connectivity index (χ0v) is 19.7. The zero-order chi connectivity index (χ0) is 24.4. The van der Waals surface area contributed by atoms with Crippen molar-refractivity contribution < 1.29 is 18.7 Å². The second kappa shape index (κ2) is 9.59. The molecule has 1 aliphatic rings. The lowest BCUT2D eigenvalue weighted by atomic mass is 9.99. The summed E-state index contributed by atoms with van der Waals surface area (Å²) in [5.41, 5.74) is 6.18. The molecule has 0 bridgehead atoms. The van der Waals surface area contributed by atoms with Crippen molar-refractivity contribution in [3.63, 3.8) is 0 Å². The molecule has 8 heteroatoms. The molecule has 0 fully saturated rings. The number of halogens is 1. The molecule has 7 nitrogen and oxygen atoms in total. The smallest absolute Gasteiger partial charge is 0.317 e. The van der Waals surface area contributed by atoms with Crippen LogP contribution in [0.4, 0.5) is 4.39 Å². The van der Waals surface area contributed by atoms with Crippen molar-refractivity contribution in [2.45, 2.75) is 46.2 Å². The molecule has 176 valence electrons. The van der Waals surface area contributed by atoms with Crippen LogP contribution >= 0.6 is 0 Å². The summed E-state index contributed by atoms with van der Waals surface area (Å²) < 4.78 is 18.6. The molecule has 0 radical (unpaired) electrons. The van der Waals surface area contributed by atoms with Gasteiger partial charge in [0.15, 0.2) is 0 Å². The van der Waals surface area contributed by atoms with Gasteiger partial charge < -0.3 is 15.4 Å². The van der Waals surface area contributed by atoms with Crippen LogP contribution in [-0.4, -0.2) is 28.9 Å². The van der Waals surface area contributed by atoms with Crippen LogP contribution < -0.4 is 15.4 Å². The number of hydrogen-bond acceptors (Lipinski definition) is 5. The van der Waals surface area contributed by atoms with Crippen molar-refractivity contribution >= 4 is 11.8 Å². The minimum Gasteiger partial charge on any atom is -0.467 e. The normalized spacial score (nSPS) is 14.4. The first-order chi connectivity index (χ1) is 16.3. The SMILES string of the molecule is COc1nc(C(=O)NCc2ccc(F)c(C)c2)cc(C(=O)N[C@H]2CCc3c2ccc(C)c3C)n1. The molecule has 2 amide bonds. The first-order valence-electron chi connectivity index (χ1n) is 11.1. The molecule has 2 aromatic carbocycles. The molecule has 0 saturated carbocycles. The van der Waals surface area contributed by atoms with Crippen LogP contribution in [-0.2, 0) is 13.0 Å². The molecular weight excluding hydrogens is 435 g/mol. The Hall–Kier alpha value is -3.81. The molecule has 2 N–H and O–H groups in total. The molecule has 1 atom stereocenters. The van der Waals surface area contributed by atoms with Crippen LogP contribution in [0.1, 0.15) is 66.8 Å². The van der Waals surface area contributed by atoms with Crippen molar-refractivity contribution in [1.82, 2.24) is 20.6 Å². The quantitative estimate of drug-likeness (QED) is 0.580. The van der Waals surface area contributed by atoms with E-state index in [9.17, 15) is 14.0 Å². The lowest BCUT2D eigenvalue weighted by molar-refractivity contribution is 0.0930. The van der Waals surface area contributed by atoms with Gasteiger partial charge in [-0.25, -0.2) is 4.39 Å². The highest BCUT2D eigenvalue weighted by atomic mass is 19.1. The number of fused-ring (bicyclic) bond motifs is 1. The number of ether oxygens (including phenoxy) is 1. The molecule has 4 rings (SSSR count). The largest absolute Gasteiger partial charge is 0.467 e. The molecule has 1 aliphatic carbocycles. The van der Waals surface area contributed by atoms with E-state index in [4.69, 9.17) is 4.74 Å². The van der Waals surface area contributed by atoms with Gasteiger partial charge >= 0.3 is 6.01 Å². The van der Waals surface area contributed by atoms with Crippen molar-refractivity contribution in [1.29, 1.82) is 0 Å². The molecule has 0 spiro atoms. The fourth-order valence-corrected chi connectivity index (χ4v) is 4.22. The van der Waals surface area contributed by atoms with Crippen LogP contribution in [0.15, 0.2) is 36.4 Å². The molecule has 3 aromatic rings. The number of carbonyl (C=O) groups excluding carboxylic acids is 2. The summed E-state index contributed by atoms with van der Waals surface area (Å²) in [5, 5.41) is 5.77. The summed E-state index contributed by atoms with van der Waals surface area (Å²) >= 11 is 0. The van der Waals surface area contributed by atoms with Crippen LogP contribution in [0.3, 0.4) is 0 Å². The number of rotatable bonds is 6. The minimum absolute atomic E-state index is 0.00845. The van der Waals surface area contributed by atoms with Gasteiger partial charge in [-0.15, -0.1) is 0 Å². The molecule has 1 heterocycles. The molecule has 0 unspecified atom stereocenters. The molecule has 34 heavy (non-hydrogen) atoms. The molecule has 0 saturated heterocycles. The van der Waals surface area contributed by atoms with E-state index in [0.717, 1.165) is 24.0 Å². The number of methoxy groups -OCH3 is 1. The summed E-state index contributed by atoms with van der Waals surface area (Å²) in [6.07, 6.45) is 1.70. The fraction of sp³-hybridized carbons (Fsp3) is 0.308. The van der Waals surface area contributed by atoms with E-state index >= 15 is 0 Å². The van der Waals surface area contributed by atoms with Gasteiger partial charge in [-0.05, 0) is 73.1 Å². The van der Waals surface area contributed by atoms with Crippen molar-refractivity contribution in [2.75, 3.05) is 7.11 Å². The van der Waals surface area contributed by atoms with E-state index in [-0.39, 0.29) is 35.8 Å². The van der Waals surface area contributed by atoms with Gasteiger partial charge in [0.25, 0.3) is 11.8 Å². The Labute approximate surface area is 197 Å². The van der Waals surface area contributed by atoms with Gasteiger partial charge in [-0.3, -0.25) is 9.59 Å². The van der Waals surface area contributed by atoms with Crippen LogP contribution in [0.2, 0.25) is 0 Å². The topological polar surface area (TPSA) is 93.2 Å². The monoisotopic (exact) mass is 462 g/mol. The summed E-state index contributed by atoms with van der Waals surface area (Å²) in [7, 11) is 1.37. The van der Waals surface area contributed by atoms with Gasteiger partial charge in [-0.1, -0.05) is 24.3 Å². The third-order valence-corrected chi connectivity index (χ3v) is 6.30. The summed E-state index contributed by atoms with van der Waals surface area (Å²) in [6.45, 7) is 6.03. The third-order valence-electron chi connectivity index (χ3n) is 6.30. The predicted molar refractivity (Wildman–Crippen MR) is 125 cm³/mol. The van der Waals surface area contributed by atoms with E-state index in [0.29, 0.717) is 5.56 Å². The van der Waals surface area contributed by atoms with Gasteiger partial charge in [0.05, 0.1) is 13.2 Å². The Balaban J connectivity index is 1.50. The summed E-state index contributed by atoms with van der Waals surface area (Å²) in [6, 6.07) is 9.90. The number of aryl methyl sites for hydroxylation is 2. The average molecular weight is 463 g/mol. The fourth-order valence-electron chi connectivity index (χ4n) is 4.22. The maximum Gasteiger partial charge on any atom is 0.317 e. The highest BCUT2D eigenvalue weighted by molar-refractivity contribution is 5.97. The number of benzene rings is 2. The van der Waals surface area contributed by atoms with Gasteiger partial charge in [-0.2, -0.15) is 9.97 Å². The number of nitrogens with zero attached hydrogens (tertiary/aromatic N) is 2. The summed E-state index contributed by atoms with van der Waals surface area (Å²) in [5.74, 6) is -1.20. The highest BCUT2D eigenvalue weighted by Gasteiger charge is 2.27. The highest BCUT2D eigenvalue weighted by Crippen LogP contribution is 2.34. The Morgan fingerprint density at radius 1 is 1.03 bits per heavy atom. The van der Waals surface area contributed by atoms with Gasteiger partial charge in [0.2, 0.25) is 0 Å². The Kier molecular flexibility index (Phi) is 6.58. The Morgan fingerprint density at radius 3 is 2.47 bits per heavy atom. The predicted octanol–water partition coefficient (Wildman–Crippen LogP) is 3.90. The maximum atomic E-state index is 13.5. The van der Waals surface area contributed by atoms with E-state index in [1.54, 1.807) is 19.1 Å². The van der Waals surface area contributed by atoms with Crippen LogP contribution in [0.5, 0.6) is 6.01 Å². The lowest BCUT2D eigenvalue weighted by Gasteiger charge is -2.15. The first kappa shape index (κ1) is 23.4. The average Bonchev–Trinajstić information content (AvgIpc) is 3.24. The number of hydrogen-bond donors (Lipinski definition) is 2. The minimum atomic E-state index is -0.492. The number of carbonyl (C=O) groups is 2. The Bertz CT molecular complexity index is 1280. The number of aromatic nitrogens is 2. The van der Waals surface area contributed by atoms with Crippen LogP contribution in [0, 0.1) is 26.6 Å². The van der Waals surface area contributed by atoms with Crippen molar-refractivity contribution in [2.24, 2.45) is 0 Å². The second-order valence-electron chi connectivity index (χ2n) is 8.53. The number of nitrogens with one attached hydrogen (secondary N) is 2. The van der Waals surface area contributed by atoms with E-state index in [2.05, 4.69) is 46.6 Å². The zero-order valence-electron chi connectivity index (χ0n) is 19.7. The van der Waals surface area contributed by atoms with E-state index in [1.807, 2.05) is 0 Å². The van der Waals surface area contributed by atoms with Crippen LogP contribution in [0.25, 0.3) is 0 Å². The first-order valence-corrected chi connectivity index (χ1v) is 11.1. The molecule has 1 aromatic heterocycles. The van der Waals surface area contributed by atoms with Crippen molar-refractivity contribution in [3.8, 4) is 6.01 Å². The summed E-state index contributed by atoms with van der Waals surface area (Å²) in [4.78, 5) is 34.0.